The number of hydrogen-bond donors (Lipinski definition) is 0. The van der Waals surface area contributed by atoms with E-state index >= 15 is 0 Å². The second-order valence-corrected chi connectivity index (χ2v) is 2.26. The lowest BCUT2D eigenvalue weighted by atomic mass is 10.8. The molecule has 1 rings (SSSR count). The van der Waals surface area contributed by atoms with Crippen molar-refractivity contribution < 1.29 is 0 Å². The van der Waals surface area contributed by atoms with Crippen molar-refractivity contribution in [1.29, 1.82) is 0 Å². The summed E-state index contributed by atoms with van der Waals surface area (Å²) in [7, 11) is 0. The standard InChI is InChI=1S/C3H4N4S/c4-7-6-3-5-1-2-8-3/h1-2H2. The van der Waals surface area contributed by atoms with Crippen molar-refractivity contribution in [3.05, 3.63) is 10.4 Å². The molecule has 42 valence electrons. The molecule has 0 aromatic rings. The van der Waals surface area contributed by atoms with Crippen LogP contribution in [0.15, 0.2) is 10.1 Å². The van der Waals surface area contributed by atoms with Crippen LogP contribution in [0.25, 0.3) is 10.4 Å². The van der Waals surface area contributed by atoms with Gasteiger partial charge in [-0.1, -0.05) is 0 Å². The number of azide groups is 1. The second kappa shape index (κ2) is 2.59. The van der Waals surface area contributed by atoms with Gasteiger partial charge in [0.15, 0.2) is 5.17 Å². The van der Waals surface area contributed by atoms with E-state index < -0.39 is 0 Å². The van der Waals surface area contributed by atoms with Gasteiger partial charge in [0.2, 0.25) is 0 Å². The Morgan fingerprint density at radius 3 is 3.25 bits per heavy atom. The topological polar surface area (TPSA) is 61.1 Å². The SMILES string of the molecule is [N-]=[N+]=NC1=NCCS1. The van der Waals surface area contributed by atoms with Crippen molar-refractivity contribution >= 4 is 16.9 Å². The van der Waals surface area contributed by atoms with Crippen molar-refractivity contribution in [3.63, 3.8) is 0 Å². The Balaban J connectivity index is 2.57. The minimum atomic E-state index is 0.576. The first-order valence-corrected chi connectivity index (χ1v) is 3.14. The minimum Gasteiger partial charge on any atom is -0.276 e. The van der Waals surface area contributed by atoms with Crippen LogP contribution in [0, 0.1) is 0 Å². The van der Waals surface area contributed by atoms with Crippen LogP contribution in [0.3, 0.4) is 0 Å². The fourth-order valence-electron chi connectivity index (χ4n) is 0.423. The molecule has 0 saturated heterocycles. The third kappa shape index (κ3) is 1.15. The van der Waals surface area contributed by atoms with Crippen LogP contribution in [-0.4, -0.2) is 17.5 Å². The fraction of sp³-hybridized carbons (Fsp3) is 0.667. The molecule has 0 fully saturated rings. The lowest BCUT2D eigenvalue weighted by Gasteiger charge is -1.78. The molecule has 0 aromatic carbocycles. The molecule has 4 nitrogen and oxygen atoms in total. The smallest absolute Gasteiger partial charge is 0.154 e. The van der Waals surface area contributed by atoms with Crippen LogP contribution >= 0.6 is 11.8 Å². The van der Waals surface area contributed by atoms with Crippen molar-refractivity contribution in [2.45, 2.75) is 0 Å². The summed E-state index contributed by atoms with van der Waals surface area (Å²) in [5, 5.41) is 3.89. The third-order valence-electron chi connectivity index (χ3n) is 0.700. The summed E-state index contributed by atoms with van der Waals surface area (Å²) in [6.45, 7) is 0.791. The lowest BCUT2D eigenvalue weighted by molar-refractivity contribution is 1.17. The average Bonchev–Trinajstić information content (AvgIpc) is 2.19. The first kappa shape index (κ1) is 5.47. The molecule has 0 aromatic heterocycles. The van der Waals surface area contributed by atoms with E-state index in [0.29, 0.717) is 5.17 Å². The van der Waals surface area contributed by atoms with Crippen molar-refractivity contribution in [1.82, 2.24) is 0 Å². The Kier molecular flexibility index (Phi) is 1.77. The Morgan fingerprint density at radius 1 is 1.88 bits per heavy atom. The van der Waals surface area contributed by atoms with Gasteiger partial charge in [0.25, 0.3) is 0 Å². The predicted octanol–water partition coefficient (Wildman–Crippen LogP) is 1.40. The van der Waals surface area contributed by atoms with Crippen LogP contribution < -0.4 is 0 Å². The highest BCUT2D eigenvalue weighted by Crippen LogP contribution is 2.11. The molecule has 0 atom stereocenters. The summed E-state index contributed by atoms with van der Waals surface area (Å²) < 4.78 is 0. The molecule has 0 spiro atoms. The van der Waals surface area contributed by atoms with Gasteiger partial charge in [0.1, 0.15) is 0 Å². The molecule has 0 unspecified atom stereocenters. The average molecular weight is 128 g/mol. The van der Waals surface area contributed by atoms with E-state index in [1.807, 2.05) is 0 Å². The van der Waals surface area contributed by atoms with Gasteiger partial charge >= 0.3 is 0 Å². The number of hydrogen-bond acceptors (Lipinski definition) is 3. The van der Waals surface area contributed by atoms with E-state index in [9.17, 15) is 0 Å². The Hall–Kier alpha value is -0.670. The zero-order valence-corrected chi connectivity index (χ0v) is 4.93. The monoisotopic (exact) mass is 128 g/mol. The van der Waals surface area contributed by atoms with Gasteiger partial charge < -0.3 is 0 Å². The van der Waals surface area contributed by atoms with Crippen LogP contribution in [0.4, 0.5) is 0 Å². The van der Waals surface area contributed by atoms with Gasteiger partial charge in [-0.2, -0.15) is 0 Å². The van der Waals surface area contributed by atoms with Crippen molar-refractivity contribution in [3.8, 4) is 0 Å². The van der Waals surface area contributed by atoms with Crippen LogP contribution in [0.2, 0.25) is 0 Å². The number of thioether (sulfide) groups is 1. The Labute approximate surface area is 50.6 Å². The van der Waals surface area contributed by atoms with E-state index in [2.05, 4.69) is 15.0 Å². The van der Waals surface area contributed by atoms with Gasteiger partial charge in [-0.15, -0.1) is 11.8 Å². The molecule has 5 heteroatoms. The maximum atomic E-state index is 7.89. The van der Waals surface area contributed by atoms with Gasteiger partial charge in [-0.25, -0.2) is 0 Å². The van der Waals surface area contributed by atoms with E-state index in [0.717, 1.165) is 12.3 Å². The molecule has 8 heavy (non-hydrogen) atoms. The summed E-state index contributed by atoms with van der Waals surface area (Å²) in [6, 6.07) is 0. The number of aliphatic imine (C=N–C) groups is 1. The number of amidine groups is 1. The molecule has 0 amide bonds. The fourth-order valence-corrected chi connectivity index (χ4v) is 1.06. The normalized spacial score (nSPS) is 17.2. The molecule has 0 radical (unpaired) electrons. The summed E-state index contributed by atoms with van der Waals surface area (Å²) in [4.78, 5) is 6.48. The van der Waals surface area contributed by atoms with Gasteiger partial charge in [0, 0.05) is 17.2 Å². The predicted molar refractivity (Wildman–Crippen MR) is 33.9 cm³/mol. The molecular formula is C3H4N4S. The lowest BCUT2D eigenvalue weighted by Crippen LogP contribution is -1.73. The largest absolute Gasteiger partial charge is 0.276 e. The van der Waals surface area contributed by atoms with Crippen LogP contribution in [0.5, 0.6) is 0 Å². The number of nitrogens with zero attached hydrogens (tertiary/aromatic N) is 4. The molecule has 1 aliphatic heterocycles. The zero-order chi connectivity index (χ0) is 5.82. The Bertz CT molecular complexity index is 157. The van der Waals surface area contributed by atoms with Gasteiger partial charge in [0.05, 0.1) is 0 Å². The summed E-state index contributed by atoms with van der Waals surface area (Å²) in [5.74, 6) is 0.953. The zero-order valence-electron chi connectivity index (χ0n) is 4.11. The molecule has 0 N–H and O–H groups in total. The van der Waals surface area contributed by atoms with Gasteiger partial charge in [-0.3, -0.25) is 4.99 Å². The molecule has 0 saturated carbocycles. The maximum Gasteiger partial charge on any atom is 0.154 e. The molecule has 0 aliphatic carbocycles. The van der Waals surface area contributed by atoms with E-state index in [1.54, 1.807) is 0 Å². The first-order chi connectivity index (χ1) is 3.93. The highest BCUT2D eigenvalue weighted by molar-refractivity contribution is 8.14. The maximum absolute atomic E-state index is 7.89. The first-order valence-electron chi connectivity index (χ1n) is 2.16. The third-order valence-corrected chi connectivity index (χ3v) is 1.56. The number of rotatable bonds is 0. The summed E-state index contributed by atoms with van der Waals surface area (Å²) in [5.41, 5.74) is 7.89. The quantitative estimate of drug-likeness (QED) is 0.276. The van der Waals surface area contributed by atoms with E-state index in [4.69, 9.17) is 5.53 Å². The molecular weight excluding hydrogens is 124 g/mol. The molecule has 0 bridgehead atoms. The molecule has 1 aliphatic rings. The summed E-state index contributed by atoms with van der Waals surface area (Å²) >= 11 is 1.50. The highest BCUT2D eigenvalue weighted by Gasteiger charge is 2.01. The Morgan fingerprint density at radius 2 is 2.75 bits per heavy atom. The molecule has 1 heterocycles. The van der Waals surface area contributed by atoms with Crippen molar-refractivity contribution in [2.75, 3.05) is 12.3 Å². The summed E-state index contributed by atoms with van der Waals surface area (Å²) in [6.07, 6.45) is 0. The second-order valence-electron chi connectivity index (χ2n) is 1.20. The van der Waals surface area contributed by atoms with Crippen LogP contribution in [0.1, 0.15) is 0 Å². The highest BCUT2D eigenvalue weighted by atomic mass is 32.2. The van der Waals surface area contributed by atoms with Crippen molar-refractivity contribution in [2.24, 2.45) is 10.1 Å². The van der Waals surface area contributed by atoms with Gasteiger partial charge in [-0.05, 0) is 10.6 Å². The van der Waals surface area contributed by atoms with E-state index in [-0.39, 0.29) is 0 Å². The van der Waals surface area contributed by atoms with Crippen LogP contribution in [-0.2, 0) is 0 Å². The minimum absolute atomic E-state index is 0.576. The van der Waals surface area contributed by atoms with E-state index in [1.165, 1.54) is 11.8 Å².